The third-order valence-corrected chi connectivity index (χ3v) is 3.29. The van der Waals surface area contributed by atoms with E-state index in [-0.39, 0.29) is 11.8 Å². The van der Waals surface area contributed by atoms with Gasteiger partial charge in [0.05, 0.1) is 22.0 Å². The van der Waals surface area contributed by atoms with Crippen molar-refractivity contribution in [1.29, 1.82) is 0 Å². The number of anilines is 2. The molecule has 0 aromatic carbocycles. The first-order valence-corrected chi connectivity index (χ1v) is 5.82. The van der Waals surface area contributed by atoms with Crippen molar-refractivity contribution in [2.75, 3.05) is 23.7 Å². The molecule has 0 spiro atoms. The zero-order valence-electron chi connectivity index (χ0n) is 8.69. The van der Waals surface area contributed by atoms with Crippen LogP contribution in [0.2, 0.25) is 0 Å². The predicted molar refractivity (Wildman–Crippen MR) is 65.9 cm³/mol. The number of nitrogens with two attached hydrogens (primary N) is 2. The number of halogens is 1. The number of carbonyl (C=O) groups excluding carboxylic acids is 1. The highest BCUT2D eigenvalue weighted by Crippen LogP contribution is 2.35. The molecule has 2 heterocycles. The molecule has 0 radical (unpaired) electrons. The van der Waals surface area contributed by atoms with E-state index in [2.05, 4.69) is 20.9 Å². The number of nitrogen functional groups attached to an aromatic ring is 1. The third kappa shape index (κ3) is 1.90. The number of nitrogens with zero attached hydrogens (tertiary/aromatic N) is 2. The molecule has 1 unspecified atom stereocenters. The van der Waals surface area contributed by atoms with Crippen LogP contribution in [-0.4, -0.2) is 24.0 Å². The maximum absolute atomic E-state index is 11.8. The van der Waals surface area contributed by atoms with Gasteiger partial charge in [0.1, 0.15) is 0 Å². The highest BCUT2D eigenvalue weighted by Gasteiger charge is 2.31. The van der Waals surface area contributed by atoms with Crippen molar-refractivity contribution in [2.24, 2.45) is 11.7 Å². The van der Waals surface area contributed by atoms with Crippen LogP contribution < -0.4 is 16.4 Å². The topological polar surface area (TPSA) is 85.2 Å². The lowest BCUT2D eigenvalue weighted by atomic mass is 10.1. The first-order chi connectivity index (χ1) is 7.63. The first kappa shape index (κ1) is 11.3. The normalized spacial score (nSPS) is 20.5. The largest absolute Gasteiger partial charge is 0.396 e. The third-order valence-electron chi connectivity index (χ3n) is 2.71. The van der Waals surface area contributed by atoms with Crippen molar-refractivity contribution in [1.82, 2.24) is 4.98 Å². The van der Waals surface area contributed by atoms with E-state index < -0.39 is 0 Å². The SMILES string of the molecule is NCC1CC(=O)N(c2c(N)cncc2Br)C1. The van der Waals surface area contributed by atoms with Gasteiger partial charge >= 0.3 is 0 Å². The highest BCUT2D eigenvalue weighted by atomic mass is 79.9. The minimum Gasteiger partial charge on any atom is -0.396 e. The van der Waals surface area contributed by atoms with Crippen molar-refractivity contribution < 1.29 is 4.79 Å². The molecule has 1 saturated heterocycles. The molecule has 1 aliphatic heterocycles. The first-order valence-electron chi connectivity index (χ1n) is 5.03. The number of hydrogen-bond donors (Lipinski definition) is 2. The number of carbonyl (C=O) groups is 1. The predicted octanol–water partition coefficient (Wildman–Crippen LogP) is 0.738. The molecule has 2 rings (SSSR count). The number of amides is 1. The Hall–Kier alpha value is -1.14. The standard InChI is InChI=1S/C10H13BrN4O/c11-7-3-14-4-8(13)10(7)15-5-6(2-12)1-9(15)16/h3-4,6H,1-2,5,12-13H2. The van der Waals surface area contributed by atoms with E-state index in [4.69, 9.17) is 11.5 Å². The molecular weight excluding hydrogens is 272 g/mol. The maximum atomic E-state index is 11.8. The molecule has 4 N–H and O–H groups in total. The highest BCUT2D eigenvalue weighted by molar-refractivity contribution is 9.10. The Balaban J connectivity index is 2.35. The van der Waals surface area contributed by atoms with Crippen LogP contribution in [0.1, 0.15) is 6.42 Å². The molecule has 1 atom stereocenters. The zero-order chi connectivity index (χ0) is 11.7. The molecule has 0 aliphatic carbocycles. The Morgan fingerprint density at radius 2 is 2.31 bits per heavy atom. The second-order valence-electron chi connectivity index (χ2n) is 3.87. The maximum Gasteiger partial charge on any atom is 0.227 e. The smallest absolute Gasteiger partial charge is 0.227 e. The van der Waals surface area contributed by atoms with Gasteiger partial charge in [-0.15, -0.1) is 0 Å². The lowest BCUT2D eigenvalue weighted by molar-refractivity contribution is -0.117. The lowest BCUT2D eigenvalue weighted by Gasteiger charge is -2.19. The minimum absolute atomic E-state index is 0.0639. The molecule has 16 heavy (non-hydrogen) atoms. The van der Waals surface area contributed by atoms with E-state index in [9.17, 15) is 4.79 Å². The summed E-state index contributed by atoms with van der Waals surface area (Å²) in [7, 11) is 0. The van der Waals surface area contributed by atoms with Gasteiger partial charge in [-0.1, -0.05) is 0 Å². The van der Waals surface area contributed by atoms with Gasteiger partial charge in [0.2, 0.25) is 5.91 Å². The Morgan fingerprint density at radius 1 is 1.56 bits per heavy atom. The van der Waals surface area contributed by atoms with Crippen molar-refractivity contribution >= 4 is 33.2 Å². The van der Waals surface area contributed by atoms with Crippen molar-refractivity contribution in [3.8, 4) is 0 Å². The second-order valence-corrected chi connectivity index (χ2v) is 4.72. The molecule has 5 nitrogen and oxygen atoms in total. The van der Waals surface area contributed by atoms with Crippen LogP contribution in [0, 0.1) is 5.92 Å². The van der Waals surface area contributed by atoms with Gasteiger partial charge in [0.15, 0.2) is 0 Å². The lowest BCUT2D eigenvalue weighted by Crippen LogP contribution is -2.27. The number of pyridine rings is 1. The van der Waals surface area contributed by atoms with Gasteiger partial charge in [0, 0.05) is 19.2 Å². The summed E-state index contributed by atoms with van der Waals surface area (Å²) in [6, 6.07) is 0. The van der Waals surface area contributed by atoms with Crippen LogP contribution in [-0.2, 0) is 4.79 Å². The number of rotatable bonds is 2. The molecule has 0 saturated carbocycles. The fourth-order valence-electron chi connectivity index (χ4n) is 1.88. The van der Waals surface area contributed by atoms with Gasteiger partial charge < -0.3 is 16.4 Å². The van der Waals surface area contributed by atoms with Crippen LogP contribution in [0.5, 0.6) is 0 Å². The van der Waals surface area contributed by atoms with Crippen molar-refractivity contribution in [3.05, 3.63) is 16.9 Å². The molecule has 1 aromatic rings. The molecule has 1 aliphatic rings. The Labute approximate surface area is 102 Å². The number of aromatic nitrogens is 1. The average Bonchev–Trinajstić information content (AvgIpc) is 2.60. The fourth-order valence-corrected chi connectivity index (χ4v) is 2.44. The zero-order valence-corrected chi connectivity index (χ0v) is 10.3. The summed E-state index contributed by atoms with van der Waals surface area (Å²) in [5.41, 5.74) is 12.6. The summed E-state index contributed by atoms with van der Waals surface area (Å²) in [4.78, 5) is 17.4. The van der Waals surface area contributed by atoms with E-state index in [1.54, 1.807) is 17.3 Å². The molecule has 1 fully saturated rings. The van der Waals surface area contributed by atoms with Gasteiger partial charge in [0.25, 0.3) is 0 Å². The van der Waals surface area contributed by atoms with E-state index in [0.717, 1.165) is 4.47 Å². The van der Waals surface area contributed by atoms with Gasteiger partial charge in [-0.3, -0.25) is 9.78 Å². The van der Waals surface area contributed by atoms with Crippen LogP contribution >= 0.6 is 15.9 Å². The Morgan fingerprint density at radius 3 is 2.88 bits per heavy atom. The summed E-state index contributed by atoms with van der Waals surface area (Å²) in [5.74, 6) is 0.279. The van der Waals surface area contributed by atoms with Gasteiger partial charge in [-0.25, -0.2) is 0 Å². The summed E-state index contributed by atoms with van der Waals surface area (Å²) in [6.45, 7) is 1.15. The molecule has 0 bridgehead atoms. The van der Waals surface area contributed by atoms with E-state index in [1.165, 1.54) is 0 Å². The van der Waals surface area contributed by atoms with Crippen molar-refractivity contribution in [3.63, 3.8) is 0 Å². The molecule has 6 heteroatoms. The van der Waals surface area contributed by atoms with Gasteiger partial charge in [-0.05, 0) is 28.4 Å². The number of hydrogen-bond acceptors (Lipinski definition) is 4. The minimum atomic E-state index is 0.0639. The van der Waals surface area contributed by atoms with Crippen LogP contribution in [0.25, 0.3) is 0 Å². The molecule has 86 valence electrons. The van der Waals surface area contributed by atoms with Crippen molar-refractivity contribution in [2.45, 2.75) is 6.42 Å². The molecule has 1 aromatic heterocycles. The summed E-state index contributed by atoms with van der Waals surface area (Å²) in [6.07, 6.45) is 3.67. The summed E-state index contributed by atoms with van der Waals surface area (Å²) >= 11 is 3.36. The van der Waals surface area contributed by atoms with E-state index >= 15 is 0 Å². The van der Waals surface area contributed by atoms with E-state index in [0.29, 0.717) is 30.9 Å². The van der Waals surface area contributed by atoms with Crippen LogP contribution in [0.15, 0.2) is 16.9 Å². The average molecular weight is 285 g/mol. The Bertz CT molecular complexity index is 403. The van der Waals surface area contributed by atoms with Gasteiger partial charge in [-0.2, -0.15) is 0 Å². The fraction of sp³-hybridized carbons (Fsp3) is 0.400. The second kappa shape index (κ2) is 4.39. The molecular formula is C10H13BrN4O. The van der Waals surface area contributed by atoms with E-state index in [1.807, 2.05) is 0 Å². The summed E-state index contributed by atoms with van der Waals surface area (Å²) < 4.78 is 0.735. The quantitative estimate of drug-likeness (QED) is 0.839. The monoisotopic (exact) mass is 284 g/mol. The molecule has 1 amide bonds. The summed E-state index contributed by atoms with van der Waals surface area (Å²) in [5, 5.41) is 0. The van der Waals surface area contributed by atoms with Crippen LogP contribution in [0.3, 0.4) is 0 Å². The van der Waals surface area contributed by atoms with Crippen LogP contribution in [0.4, 0.5) is 11.4 Å². The Kier molecular flexibility index (Phi) is 3.11.